The predicted molar refractivity (Wildman–Crippen MR) is 76.1 cm³/mol. The molecule has 0 radical (unpaired) electrons. The summed E-state index contributed by atoms with van der Waals surface area (Å²) in [6.07, 6.45) is 9.44. The second-order valence-electron chi connectivity index (χ2n) is 6.83. The lowest BCUT2D eigenvalue weighted by atomic mass is 9.85. The molecule has 0 aromatic heterocycles. The van der Waals surface area contributed by atoms with Crippen LogP contribution in [0.15, 0.2) is 12.2 Å². The van der Waals surface area contributed by atoms with Crippen molar-refractivity contribution >= 4 is 17.9 Å². The molecule has 3 fully saturated rings. The van der Waals surface area contributed by atoms with Crippen molar-refractivity contribution in [2.75, 3.05) is 0 Å². The molecule has 1 N–H and O–H groups in total. The number of hydrogen-bond donors (Lipinski definition) is 1. The van der Waals surface area contributed by atoms with Crippen molar-refractivity contribution in [2.45, 2.75) is 44.6 Å². The van der Waals surface area contributed by atoms with Gasteiger partial charge in [-0.15, -0.1) is 5.06 Å². The van der Waals surface area contributed by atoms with E-state index in [-0.39, 0.29) is 41.5 Å². The summed E-state index contributed by atoms with van der Waals surface area (Å²) in [4.78, 5) is 41.8. The number of hydrogen-bond acceptors (Lipinski definition) is 4. The van der Waals surface area contributed by atoms with E-state index in [9.17, 15) is 14.4 Å². The zero-order valence-corrected chi connectivity index (χ0v) is 12.4. The van der Waals surface area contributed by atoms with E-state index < -0.39 is 6.09 Å². The number of nitrogens with zero attached hydrogens (tertiary/aromatic N) is 1. The van der Waals surface area contributed by atoms with Gasteiger partial charge in [0.2, 0.25) is 0 Å². The molecular weight excluding hydrogens is 284 g/mol. The number of fused-ring (bicyclic) bond motifs is 5. The van der Waals surface area contributed by atoms with Crippen LogP contribution in [0.4, 0.5) is 4.79 Å². The van der Waals surface area contributed by atoms with Crippen LogP contribution in [-0.2, 0) is 14.4 Å². The van der Waals surface area contributed by atoms with E-state index in [2.05, 4.69) is 5.32 Å². The van der Waals surface area contributed by atoms with Gasteiger partial charge < -0.3 is 10.2 Å². The van der Waals surface area contributed by atoms with Crippen molar-refractivity contribution in [3.05, 3.63) is 12.2 Å². The van der Waals surface area contributed by atoms with Crippen LogP contribution in [0.25, 0.3) is 0 Å². The first-order valence-corrected chi connectivity index (χ1v) is 8.20. The lowest BCUT2D eigenvalue weighted by molar-refractivity contribution is -0.174. The molecule has 1 heterocycles. The Kier molecular flexibility index (Phi) is 3.20. The highest BCUT2D eigenvalue weighted by molar-refractivity contribution is 6.06. The number of imide groups is 1. The fourth-order valence-corrected chi connectivity index (χ4v) is 4.49. The summed E-state index contributed by atoms with van der Waals surface area (Å²) in [5.41, 5.74) is 0. The number of nitrogens with one attached hydrogen (secondary N) is 1. The molecule has 0 spiro atoms. The van der Waals surface area contributed by atoms with Crippen LogP contribution in [0.1, 0.15) is 38.5 Å². The molecule has 118 valence electrons. The maximum absolute atomic E-state index is 12.4. The van der Waals surface area contributed by atoms with Gasteiger partial charge in [-0.25, -0.2) is 4.79 Å². The molecule has 6 heteroatoms. The van der Waals surface area contributed by atoms with Crippen LogP contribution in [0.3, 0.4) is 0 Å². The van der Waals surface area contributed by atoms with Gasteiger partial charge in [0.05, 0.1) is 11.8 Å². The molecule has 4 rings (SSSR count). The number of allylic oxidation sites excluding steroid dienone is 2. The maximum Gasteiger partial charge on any atom is 0.432 e. The third kappa shape index (κ3) is 2.04. The summed E-state index contributed by atoms with van der Waals surface area (Å²) >= 11 is 0. The molecule has 4 aliphatic rings. The Balaban J connectivity index is 1.40. The minimum absolute atomic E-state index is 0.0893. The minimum Gasteiger partial charge on any atom is -0.317 e. The second kappa shape index (κ2) is 5.11. The Labute approximate surface area is 128 Å². The van der Waals surface area contributed by atoms with Gasteiger partial charge in [-0.05, 0) is 31.1 Å². The molecule has 4 atom stereocenters. The highest BCUT2D eigenvalue weighted by Gasteiger charge is 2.60. The number of carbonyl (C=O) groups excluding carboxylic acids is 3. The summed E-state index contributed by atoms with van der Waals surface area (Å²) in [6.45, 7) is 0. The van der Waals surface area contributed by atoms with Crippen molar-refractivity contribution in [1.29, 1.82) is 0 Å². The Bertz CT molecular complexity index is 522. The van der Waals surface area contributed by atoms with Crippen molar-refractivity contribution in [3.8, 4) is 0 Å². The molecule has 0 aromatic carbocycles. The molecule has 3 amide bonds. The van der Waals surface area contributed by atoms with E-state index in [1.54, 1.807) is 0 Å². The molecule has 1 saturated heterocycles. The average Bonchev–Trinajstić information content (AvgIpc) is 3.18. The quantitative estimate of drug-likeness (QED) is 0.623. The smallest absolute Gasteiger partial charge is 0.317 e. The Morgan fingerprint density at radius 3 is 2.23 bits per heavy atom. The van der Waals surface area contributed by atoms with Gasteiger partial charge in [0, 0.05) is 6.04 Å². The summed E-state index contributed by atoms with van der Waals surface area (Å²) in [7, 11) is 0. The maximum atomic E-state index is 12.4. The summed E-state index contributed by atoms with van der Waals surface area (Å²) < 4.78 is 0. The summed E-state index contributed by atoms with van der Waals surface area (Å²) in [6, 6.07) is 0.0893. The van der Waals surface area contributed by atoms with Gasteiger partial charge in [-0.3, -0.25) is 9.59 Å². The molecule has 22 heavy (non-hydrogen) atoms. The van der Waals surface area contributed by atoms with Crippen molar-refractivity contribution in [1.82, 2.24) is 10.4 Å². The lowest BCUT2D eigenvalue weighted by Crippen LogP contribution is -2.43. The Morgan fingerprint density at radius 2 is 1.64 bits per heavy atom. The minimum atomic E-state index is -0.686. The zero-order valence-electron chi connectivity index (χ0n) is 12.4. The van der Waals surface area contributed by atoms with Gasteiger partial charge in [-0.2, -0.15) is 0 Å². The normalized spacial score (nSPS) is 36.8. The van der Waals surface area contributed by atoms with Gasteiger partial charge in [0.1, 0.15) is 0 Å². The highest BCUT2D eigenvalue weighted by Crippen LogP contribution is 2.52. The van der Waals surface area contributed by atoms with E-state index >= 15 is 0 Å². The summed E-state index contributed by atoms with van der Waals surface area (Å²) in [5, 5.41) is 3.48. The molecule has 6 nitrogen and oxygen atoms in total. The monoisotopic (exact) mass is 304 g/mol. The van der Waals surface area contributed by atoms with Crippen LogP contribution in [0.2, 0.25) is 0 Å². The Morgan fingerprint density at radius 1 is 1.05 bits per heavy atom. The first kappa shape index (κ1) is 13.8. The molecule has 1 aliphatic heterocycles. The van der Waals surface area contributed by atoms with Gasteiger partial charge in [0.15, 0.2) is 0 Å². The Hall–Kier alpha value is -1.85. The first-order valence-electron chi connectivity index (χ1n) is 8.20. The van der Waals surface area contributed by atoms with Crippen molar-refractivity contribution < 1.29 is 19.2 Å². The molecule has 2 saturated carbocycles. The van der Waals surface area contributed by atoms with E-state index in [0.717, 1.165) is 32.1 Å². The zero-order chi connectivity index (χ0) is 15.3. The van der Waals surface area contributed by atoms with E-state index in [1.807, 2.05) is 12.2 Å². The molecule has 3 aliphatic carbocycles. The van der Waals surface area contributed by atoms with E-state index in [4.69, 9.17) is 4.84 Å². The number of amides is 3. The van der Waals surface area contributed by atoms with Gasteiger partial charge in [0.25, 0.3) is 11.8 Å². The fraction of sp³-hybridized carbons (Fsp3) is 0.688. The van der Waals surface area contributed by atoms with Gasteiger partial charge in [-0.1, -0.05) is 31.4 Å². The molecule has 0 unspecified atom stereocenters. The first-order chi connectivity index (χ1) is 10.6. The average molecular weight is 304 g/mol. The van der Waals surface area contributed by atoms with E-state index in [0.29, 0.717) is 5.06 Å². The van der Waals surface area contributed by atoms with Crippen LogP contribution in [0, 0.1) is 23.7 Å². The van der Waals surface area contributed by atoms with Crippen LogP contribution in [-0.4, -0.2) is 29.0 Å². The fourth-order valence-electron chi connectivity index (χ4n) is 4.49. The predicted octanol–water partition coefficient (Wildman–Crippen LogP) is 1.77. The highest BCUT2D eigenvalue weighted by atomic mass is 16.7. The van der Waals surface area contributed by atoms with Crippen LogP contribution < -0.4 is 5.32 Å². The van der Waals surface area contributed by atoms with Gasteiger partial charge >= 0.3 is 6.09 Å². The third-order valence-electron chi connectivity index (χ3n) is 5.53. The van der Waals surface area contributed by atoms with E-state index in [1.165, 1.54) is 6.42 Å². The van der Waals surface area contributed by atoms with Crippen molar-refractivity contribution in [3.63, 3.8) is 0 Å². The summed E-state index contributed by atoms with van der Waals surface area (Å²) in [5.74, 6) is -1.12. The van der Waals surface area contributed by atoms with Crippen LogP contribution in [0.5, 0.6) is 0 Å². The number of hydroxylamine groups is 2. The molecule has 0 aromatic rings. The topological polar surface area (TPSA) is 75.7 Å². The van der Waals surface area contributed by atoms with Crippen molar-refractivity contribution in [2.24, 2.45) is 23.7 Å². The molecule has 2 bridgehead atoms. The third-order valence-corrected chi connectivity index (χ3v) is 5.53. The lowest BCUT2D eigenvalue weighted by Gasteiger charge is -2.23. The standard InChI is InChI=1S/C16H20N2O4/c19-14-12-9-6-7-10(8-9)13(12)15(20)18(14)22-16(21)17-11-4-2-1-3-5-11/h6-7,9-13H,1-5,8H2,(H,17,21)/t9-,10+,12-,13-/m0/s1. The molecular formula is C16H20N2O4. The SMILES string of the molecule is O=C(NC1CCCCC1)ON1C(=O)[C@@H]2[C@@H](C1=O)[C@H]1C=C[C@@H]2C1. The number of rotatable bonds is 2. The second-order valence-corrected chi connectivity index (χ2v) is 6.83. The largest absolute Gasteiger partial charge is 0.432 e. The number of carbonyl (C=O) groups is 3. The van der Waals surface area contributed by atoms with Crippen LogP contribution >= 0.6 is 0 Å².